The first kappa shape index (κ1) is 19.5. The highest BCUT2D eigenvalue weighted by Crippen LogP contribution is 2.26. The second kappa shape index (κ2) is 8.35. The van der Waals surface area contributed by atoms with E-state index in [1.54, 1.807) is 12.5 Å². The topological polar surface area (TPSA) is 106 Å². The Kier molecular flexibility index (Phi) is 5.25. The van der Waals surface area contributed by atoms with Gasteiger partial charge in [-0.1, -0.05) is 30.3 Å². The van der Waals surface area contributed by atoms with Gasteiger partial charge in [-0.05, 0) is 31.2 Å². The summed E-state index contributed by atoms with van der Waals surface area (Å²) in [6, 6.07) is 10.5. The molecule has 1 aliphatic rings. The molecule has 0 bridgehead atoms. The molecule has 9 heteroatoms. The van der Waals surface area contributed by atoms with Gasteiger partial charge in [0.25, 0.3) is 0 Å². The fourth-order valence-corrected chi connectivity index (χ4v) is 3.98. The number of hydrogen-bond donors (Lipinski definition) is 3. The van der Waals surface area contributed by atoms with Crippen molar-refractivity contribution in [2.75, 3.05) is 10.6 Å². The van der Waals surface area contributed by atoms with E-state index in [4.69, 9.17) is 4.98 Å². The van der Waals surface area contributed by atoms with Crippen LogP contribution in [0, 0.1) is 0 Å². The number of imidazole rings is 1. The molecule has 1 aromatic carbocycles. The van der Waals surface area contributed by atoms with Gasteiger partial charge in [-0.15, -0.1) is 0 Å². The Labute approximate surface area is 180 Å². The summed E-state index contributed by atoms with van der Waals surface area (Å²) in [5, 5.41) is 21.0. The van der Waals surface area contributed by atoms with E-state index < -0.39 is 0 Å². The third kappa shape index (κ3) is 4.36. The third-order valence-corrected chi connectivity index (χ3v) is 5.67. The Morgan fingerprint density at radius 3 is 2.71 bits per heavy atom. The van der Waals surface area contributed by atoms with Crippen LogP contribution in [0.3, 0.4) is 0 Å². The molecule has 0 amide bonds. The SMILES string of the molecule is Cn1cnc2c(Nc3cnn(Cc4ccccc4)c3)nc(NC3CCC(O)CC3)nc21. The lowest BCUT2D eigenvalue weighted by Gasteiger charge is -2.26. The Bertz CT molecular complexity index is 1160. The van der Waals surface area contributed by atoms with Crippen LogP contribution in [0.5, 0.6) is 0 Å². The number of aromatic nitrogens is 6. The van der Waals surface area contributed by atoms with Crippen molar-refractivity contribution < 1.29 is 5.11 Å². The maximum Gasteiger partial charge on any atom is 0.227 e. The number of anilines is 3. The lowest BCUT2D eigenvalue weighted by Crippen LogP contribution is -2.29. The van der Waals surface area contributed by atoms with Crippen molar-refractivity contribution in [3.8, 4) is 0 Å². The number of aliphatic hydroxyl groups excluding tert-OH is 1. The standard InChI is InChI=1S/C22H26N8O/c1-29-14-23-19-20(25-17-11-24-30(13-17)12-15-5-3-2-4-6-15)27-22(28-21(19)29)26-16-7-9-18(31)10-8-16/h2-6,11,13-14,16,18,31H,7-10,12H2,1H3,(H2,25,26,27,28). The molecule has 0 spiro atoms. The molecule has 31 heavy (non-hydrogen) atoms. The zero-order valence-electron chi connectivity index (χ0n) is 17.4. The first-order chi connectivity index (χ1) is 15.1. The minimum Gasteiger partial charge on any atom is -0.393 e. The quantitative estimate of drug-likeness (QED) is 0.442. The van der Waals surface area contributed by atoms with Crippen LogP contribution in [0.4, 0.5) is 17.5 Å². The number of fused-ring (bicyclic) bond motifs is 1. The summed E-state index contributed by atoms with van der Waals surface area (Å²) in [7, 11) is 1.92. The van der Waals surface area contributed by atoms with Crippen LogP contribution < -0.4 is 10.6 Å². The van der Waals surface area contributed by atoms with Gasteiger partial charge in [-0.25, -0.2) is 4.98 Å². The minimum atomic E-state index is -0.192. The summed E-state index contributed by atoms with van der Waals surface area (Å²) in [6.07, 6.45) is 8.71. The molecule has 160 valence electrons. The monoisotopic (exact) mass is 418 g/mol. The Balaban J connectivity index is 1.37. The molecular formula is C22H26N8O. The van der Waals surface area contributed by atoms with E-state index >= 15 is 0 Å². The van der Waals surface area contributed by atoms with Gasteiger partial charge in [0.15, 0.2) is 17.0 Å². The molecule has 3 N–H and O–H groups in total. The highest BCUT2D eigenvalue weighted by atomic mass is 16.3. The van der Waals surface area contributed by atoms with Crippen molar-refractivity contribution >= 4 is 28.6 Å². The van der Waals surface area contributed by atoms with Gasteiger partial charge < -0.3 is 20.3 Å². The summed E-state index contributed by atoms with van der Waals surface area (Å²) >= 11 is 0. The highest BCUT2D eigenvalue weighted by molar-refractivity contribution is 5.86. The van der Waals surface area contributed by atoms with Crippen LogP contribution in [0.25, 0.3) is 11.2 Å². The summed E-state index contributed by atoms with van der Waals surface area (Å²) in [5.41, 5.74) is 3.50. The van der Waals surface area contributed by atoms with Gasteiger partial charge in [0.1, 0.15) is 0 Å². The van der Waals surface area contributed by atoms with E-state index in [0.29, 0.717) is 23.8 Å². The van der Waals surface area contributed by atoms with E-state index in [1.165, 1.54) is 5.56 Å². The number of benzene rings is 1. The van der Waals surface area contributed by atoms with Gasteiger partial charge in [-0.2, -0.15) is 15.1 Å². The van der Waals surface area contributed by atoms with Crippen LogP contribution in [-0.4, -0.2) is 46.6 Å². The maximum atomic E-state index is 9.76. The predicted octanol–water partition coefficient (Wildman–Crippen LogP) is 3.07. The zero-order chi connectivity index (χ0) is 21.2. The van der Waals surface area contributed by atoms with Crippen LogP contribution in [0.15, 0.2) is 49.1 Å². The molecular weight excluding hydrogens is 392 g/mol. The van der Waals surface area contributed by atoms with Crippen molar-refractivity contribution in [1.82, 2.24) is 29.3 Å². The Hall–Kier alpha value is -3.46. The normalized spacial score (nSPS) is 18.9. The van der Waals surface area contributed by atoms with Gasteiger partial charge in [0, 0.05) is 19.3 Å². The first-order valence-electron chi connectivity index (χ1n) is 10.6. The second-order valence-corrected chi connectivity index (χ2v) is 8.11. The molecule has 5 rings (SSSR count). The molecule has 3 aromatic heterocycles. The molecule has 1 aliphatic carbocycles. The van der Waals surface area contributed by atoms with E-state index in [0.717, 1.165) is 37.0 Å². The van der Waals surface area contributed by atoms with Crippen LogP contribution in [0.1, 0.15) is 31.2 Å². The van der Waals surface area contributed by atoms with Crippen molar-refractivity contribution in [2.24, 2.45) is 7.05 Å². The second-order valence-electron chi connectivity index (χ2n) is 8.11. The molecule has 0 unspecified atom stereocenters. The van der Waals surface area contributed by atoms with Crippen LogP contribution in [-0.2, 0) is 13.6 Å². The van der Waals surface area contributed by atoms with Gasteiger partial charge >= 0.3 is 0 Å². The fraction of sp³-hybridized carbons (Fsp3) is 0.364. The zero-order valence-corrected chi connectivity index (χ0v) is 17.4. The summed E-state index contributed by atoms with van der Waals surface area (Å²) < 4.78 is 3.78. The number of nitrogens with one attached hydrogen (secondary N) is 2. The molecule has 0 saturated heterocycles. The molecule has 0 radical (unpaired) electrons. The molecule has 1 saturated carbocycles. The van der Waals surface area contributed by atoms with Crippen LogP contribution in [0.2, 0.25) is 0 Å². The first-order valence-corrected chi connectivity index (χ1v) is 10.6. The summed E-state index contributed by atoms with van der Waals surface area (Å²) in [5.74, 6) is 1.21. The Morgan fingerprint density at radius 2 is 1.90 bits per heavy atom. The van der Waals surface area contributed by atoms with E-state index in [-0.39, 0.29) is 12.1 Å². The van der Waals surface area contributed by atoms with Gasteiger partial charge in [0.2, 0.25) is 5.95 Å². The molecule has 0 atom stereocenters. The number of hydrogen-bond acceptors (Lipinski definition) is 7. The Morgan fingerprint density at radius 1 is 1.10 bits per heavy atom. The molecule has 0 aliphatic heterocycles. The number of aryl methyl sites for hydroxylation is 1. The molecule has 1 fully saturated rings. The maximum absolute atomic E-state index is 9.76. The number of aliphatic hydroxyl groups is 1. The lowest BCUT2D eigenvalue weighted by atomic mass is 9.93. The number of rotatable bonds is 6. The fourth-order valence-electron chi connectivity index (χ4n) is 3.98. The van der Waals surface area contributed by atoms with Crippen molar-refractivity contribution in [1.29, 1.82) is 0 Å². The van der Waals surface area contributed by atoms with Crippen molar-refractivity contribution in [2.45, 2.75) is 44.4 Å². The van der Waals surface area contributed by atoms with Gasteiger partial charge in [0.05, 0.1) is 30.9 Å². The van der Waals surface area contributed by atoms with E-state index in [1.807, 2.05) is 40.7 Å². The number of nitrogens with zero attached hydrogens (tertiary/aromatic N) is 6. The lowest BCUT2D eigenvalue weighted by molar-refractivity contribution is 0.126. The predicted molar refractivity (Wildman–Crippen MR) is 119 cm³/mol. The smallest absolute Gasteiger partial charge is 0.227 e. The summed E-state index contributed by atoms with van der Waals surface area (Å²) in [4.78, 5) is 13.8. The molecule has 9 nitrogen and oxygen atoms in total. The summed E-state index contributed by atoms with van der Waals surface area (Å²) in [6.45, 7) is 0.700. The van der Waals surface area contributed by atoms with Crippen molar-refractivity contribution in [3.63, 3.8) is 0 Å². The minimum absolute atomic E-state index is 0.192. The largest absolute Gasteiger partial charge is 0.393 e. The van der Waals surface area contributed by atoms with E-state index in [9.17, 15) is 5.11 Å². The third-order valence-electron chi connectivity index (χ3n) is 5.67. The highest BCUT2D eigenvalue weighted by Gasteiger charge is 2.21. The molecule has 3 heterocycles. The molecule has 4 aromatic rings. The van der Waals surface area contributed by atoms with Crippen molar-refractivity contribution in [3.05, 3.63) is 54.6 Å². The average molecular weight is 419 g/mol. The van der Waals surface area contributed by atoms with Gasteiger partial charge in [-0.3, -0.25) is 4.68 Å². The van der Waals surface area contributed by atoms with E-state index in [2.05, 4.69) is 37.8 Å². The average Bonchev–Trinajstić information content (AvgIpc) is 3.37. The van der Waals surface area contributed by atoms with Crippen LogP contribution >= 0.6 is 0 Å².